The van der Waals surface area contributed by atoms with Crippen LogP contribution in [0, 0.1) is 5.82 Å². The molecule has 3 aliphatic rings. The predicted octanol–water partition coefficient (Wildman–Crippen LogP) is 3.70. The third-order valence-electron chi connectivity index (χ3n) is 7.25. The second kappa shape index (κ2) is 11.4. The summed E-state index contributed by atoms with van der Waals surface area (Å²) in [6.07, 6.45) is 7.04. The molecule has 3 fully saturated rings. The molecule has 13 heteroatoms. The normalized spacial score (nSPS) is 23.9. The number of rotatable bonds is 8. The number of methoxy groups -OCH3 is 1. The first kappa shape index (κ1) is 26.6. The Morgan fingerprint density at radius 3 is 2.69 bits per heavy atom. The summed E-state index contributed by atoms with van der Waals surface area (Å²) in [5.41, 5.74) is 5.33. The Kier molecular flexibility index (Phi) is 7.77. The van der Waals surface area contributed by atoms with Gasteiger partial charge in [-0.05, 0) is 38.3 Å². The molecule has 2 bridgehead atoms. The highest BCUT2D eigenvalue weighted by molar-refractivity contribution is 5.73. The molecule has 2 aliphatic heterocycles. The molecule has 2 atom stereocenters. The number of carbonyl (C=O) groups excluding carboxylic acids is 1. The number of nitrogens with zero attached hydrogens (tertiary/aromatic N) is 5. The molecule has 3 heterocycles. The molecule has 2 unspecified atom stereocenters. The number of ether oxygens (including phenoxy) is 4. The summed E-state index contributed by atoms with van der Waals surface area (Å²) >= 11 is 0. The molecule has 1 amide bonds. The van der Waals surface area contributed by atoms with Gasteiger partial charge in [0.1, 0.15) is 30.2 Å². The molecule has 208 valence electrons. The van der Waals surface area contributed by atoms with Gasteiger partial charge in [0.15, 0.2) is 5.82 Å². The van der Waals surface area contributed by atoms with Crippen LogP contribution in [0.5, 0.6) is 11.6 Å². The van der Waals surface area contributed by atoms with Gasteiger partial charge < -0.3 is 30.0 Å². The number of amides is 1. The van der Waals surface area contributed by atoms with Gasteiger partial charge in [0.05, 0.1) is 50.1 Å². The van der Waals surface area contributed by atoms with Gasteiger partial charge in [-0.1, -0.05) is 0 Å². The first-order chi connectivity index (χ1) is 18.9. The predicted molar refractivity (Wildman–Crippen MR) is 142 cm³/mol. The second-order valence-electron chi connectivity index (χ2n) is 10.0. The summed E-state index contributed by atoms with van der Waals surface area (Å²) in [4.78, 5) is 31.0. The molecule has 5 rings (SSSR count). The van der Waals surface area contributed by atoms with Gasteiger partial charge >= 0.3 is 6.09 Å². The zero-order valence-electron chi connectivity index (χ0n) is 21.9. The Labute approximate surface area is 225 Å². The largest absolute Gasteiger partial charge is 0.489 e. The molecule has 2 saturated heterocycles. The number of aliphatic imine (C=N–C) groups is 2. The maximum Gasteiger partial charge on any atom is 0.410 e. The van der Waals surface area contributed by atoms with E-state index in [2.05, 4.69) is 25.3 Å². The molecule has 1 aromatic carbocycles. The number of nitrogens with one attached hydrogen (secondary N) is 1. The Bertz CT molecular complexity index is 1240. The van der Waals surface area contributed by atoms with Gasteiger partial charge in [-0.3, -0.25) is 4.90 Å². The number of piperidine rings is 1. The van der Waals surface area contributed by atoms with Crippen molar-refractivity contribution < 1.29 is 28.1 Å². The topological polar surface area (TPSA) is 146 Å². The minimum atomic E-state index is -0.549. The van der Waals surface area contributed by atoms with Crippen molar-refractivity contribution in [3.05, 3.63) is 30.3 Å². The number of aromatic nitrogens is 2. The Morgan fingerprint density at radius 1 is 1.28 bits per heavy atom. The summed E-state index contributed by atoms with van der Waals surface area (Å²) in [6, 6.07) is 4.05. The highest BCUT2D eigenvalue weighted by Gasteiger charge is 2.46. The fourth-order valence-corrected chi connectivity index (χ4v) is 5.12. The van der Waals surface area contributed by atoms with Crippen LogP contribution in [0.2, 0.25) is 0 Å². The molecule has 0 radical (unpaired) electrons. The highest BCUT2D eigenvalue weighted by Crippen LogP contribution is 2.39. The summed E-state index contributed by atoms with van der Waals surface area (Å²) < 4.78 is 38.2. The number of benzene rings is 1. The van der Waals surface area contributed by atoms with Crippen LogP contribution in [-0.2, 0) is 9.47 Å². The van der Waals surface area contributed by atoms with Gasteiger partial charge in [-0.2, -0.15) is 4.98 Å². The minimum Gasteiger partial charge on any atom is -0.489 e. The fraction of sp³-hybridized carbons (Fsp3) is 0.500. The van der Waals surface area contributed by atoms with Crippen molar-refractivity contribution in [2.45, 2.75) is 62.8 Å². The van der Waals surface area contributed by atoms with Crippen molar-refractivity contribution in [2.24, 2.45) is 15.7 Å². The Morgan fingerprint density at radius 2 is 2.05 bits per heavy atom. The van der Waals surface area contributed by atoms with E-state index in [-0.39, 0.29) is 53.0 Å². The van der Waals surface area contributed by atoms with E-state index < -0.39 is 5.82 Å². The Balaban J connectivity index is 1.28. The van der Waals surface area contributed by atoms with Gasteiger partial charge in [-0.25, -0.2) is 24.2 Å². The van der Waals surface area contributed by atoms with E-state index >= 15 is 0 Å². The van der Waals surface area contributed by atoms with E-state index in [9.17, 15) is 9.18 Å². The number of anilines is 2. The zero-order chi connectivity index (χ0) is 27.4. The van der Waals surface area contributed by atoms with Crippen LogP contribution in [-0.4, -0.2) is 77.8 Å². The van der Waals surface area contributed by atoms with Crippen molar-refractivity contribution in [3.8, 4) is 11.6 Å². The van der Waals surface area contributed by atoms with E-state index in [1.54, 1.807) is 6.07 Å². The highest BCUT2D eigenvalue weighted by atomic mass is 19.1. The van der Waals surface area contributed by atoms with Crippen LogP contribution >= 0.6 is 0 Å². The van der Waals surface area contributed by atoms with E-state index in [1.165, 1.54) is 31.9 Å². The van der Waals surface area contributed by atoms with Crippen LogP contribution in [0.25, 0.3) is 0 Å². The molecule has 1 saturated carbocycles. The number of hydrogen-bond acceptors (Lipinski definition) is 9. The number of hydrogen-bond donors (Lipinski definition) is 2. The first-order valence-electron chi connectivity index (χ1n) is 12.9. The first-order valence-corrected chi connectivity index (χ1v) is 12.9. The van der Waals surface area contributed by atoms with Crippen molar-refractivity contribution in [2.75, 3.05) is 25.6 Å². The summed E-state index contributed by atoms with van der Waals surface area (Å²) in [5, 5.41) is 2.94. The third-order valence-corrected chi connectivity index (χ3v) is 7.25. The number of fused-ring (bicyclic) bond motifs is 2. The number of morpholine rings is 1. The zero-order valence-corrected chi connectivity index (χ0v) is 21.9. The number of halogens is 1. The van der Waals surface area contributed by atoms with E-state index in [0.717, 1.165) is 25.6 Å². The van der Waals surface area contributed by atoms with Gasteiger partial charge in [-0.15, -0.1) is 0 Å². The van der Waals surface area contributed by atoms with Gasteiger partial charge in [0.25, 0.3) is 5.88 Å². The number of nitrogens with two attached hydrogens (primary N) is 1. The molecule has 39 heavy (non-hydrogen) atoms. The second-order valence-corrected chi connectivity index (χ2v) is 10.0. The molecule has 1 aromatic heterocycles. The van der Waals surface area contributed by atoms with Crippen molar-refractivity contribution >= 4 is 36.0 Å². The smallest absolute Gasteiger partial charge is 0.410 e. The van der Waals surface area contributed by atoms with E-state index in [4.69, 9.17) is 24.7 Å². The maximum absolute atomic E-state index is 14.7. The fourth-order valence-electron chi connectivity index (χ4n) is 5.12. The SMILES string of the molecule is COc1c(Nc2ccc(N=CN=CN)cc2F)ncnc1OC1CC2COCC(C1)N2C(=O)OC1(C)CCC1. The lowest BCUT2D eigenvalue weighted by molar-refractivity contribution is -0.114. The standard InChI is InChI=1S/C26H32FN7O5/c1-26(6-3-7-26)39-25(35)34-17-9-19(10-18(34)12-37-11-17)38-24-22(36-2)23(31-15-32-24)33-21-5-4-16(8-20(21)27)30-14-29-13-28/h4-5,8,13-15,17-19H,3,6-7,9-12H2,1-2H3,(H2,28,29,30)(H,31,32,33). The number of carbonyl (C=O) groups is 1. The van der Waals surface area contributed by atoms with E-state index in [0.29, 0.717) is 31.7 Å². The molecule has 3 N–H and O–H groups in total. The molecular formula is C26H32FN7O5. The van der Waals surface area contributed by atoms with Crippen molar-refractivity contribution in [3.63, 3.8) is 0 Å². The van der Waals surface area contributed by atoms with Crippen LogP contribution in [0.3, 0.4) is 0 Å². The van der Waals surface area contributed by atoms with Crippen molar-refractivity contribution in [1.82, 2.24) is 14.9 Å². The quantitative estimate of drug-likeness (QED) is 0.377. The molecule has 12 nitrogen and oxygen atoms in total. The minimum absolute atomic E-state index is 0.165. The molecule has 2 aromatic rings. The van der Waals surface area contributed by atoms with Gasteiger partial charge in [0.2, 0.25) is 5.75 Å². The van der Waals surface area contributed by atoms with Crippen LogP contribution in [0.4, 0.5) is 26.4 Å². The molecule has 1 aliphatic carbocycles. The maximum atomic E-state index is 14.7. The molecule has 0 spiro atoms. The summed E-state index contributed by atoms with van der Waals surface area (Å²) in [6.45, 7) is 2.80. The lowest BCUT2D eigenvalue weighted by atomic mass is 9.82. The monoisotopic (exact) mass is 541 g/mol. The molecular weight excluding hydrogens is 509 g/mol. The van der Waals surface area contributed by atoms with Crippen molar-refractivity contribution in [1.29, 1.82) is 0 Å². The van der Waals surface area contributed by atoms with E-state index in [1.807, 2.05) is 11.8 Å². The van der Waals surface area contributed by atoms with Crippen LogP contribution in [0.15, 0.2) is 34.5 Å². The average Bonchev–Trinajstić information content (AvgIpc) is 2.89. The third kappa shape index (κ3) is 5.87. The van der Waals surface area contributed by atoms with Crippen LogP contribution < -0.4 is 20.5 Å². The summed E-state index contributed by atoms with van der Waals surface area (Å²) in [7, 11) is 1.46. The Hall–Kier alpha value is -4.00. The van der Waals surface area contributed by atoms with Gasteiger partial charge in [0, 0.05) is 18.9 Å². The average molecular weight is 542 g/mol. The lowest BCUT2D eigenvalue weighted by Gasteiger charge is -2.49. The lowest BCUT2D eigenvalue weighted by Crippen LogP contribution is -2.62. The summed E-state index contributed by atoms with van der Waals surface area (Å²) in [5.74, 6) is 0.145. The van der Waals surface area contributed by atoms with Crippen LogP contribution in [0.1, 0.15) is 39.0 Å².